The van der Waals surface area contributed by atoms with Crippen LogP contribution in [0.5, 0.6) is 0 Å². The van der Waals surface area contributed by atoms with E-state index in [0.717, 1.165) is 30.7 Å². The second-order valence-electron chi connectivity index (χ2n) is 5.53. The molecule has 4 nitrogen and oxygen atoms in total. The number of nitrogens with zero attached hydrogens (tertiary/aromatic N) is 2. The molecule has 1 atom stereocenters. The van der Waals surface area contributed by atoms with Gasteiger partial charge >= 0.3 is 0 Å². The lowest BCUT2D eigenvalue weighted by Gasteiger charge is -2.24. The van der Waals surface area contributed by atoms with Crippen molar-refractivity contribution in [2.45, 2.75) is 31.7 Å². The number of hydrogen-bond donors (Lipinski definition) is 0. The number of rotatable bonds is 4. The van der Waals surface area contributed by atoms with Crippen LogP contribution in [0, 0.1) is 0 Å². The molecule has 0 radical (unpaired) electrons. The minimum Gasteiger partial charge on any atom is -0.338 e. The van der Waals surface area contributed by atoms with E-state index < -0.39 is 0 Å². The molecule has 0 bridgehead atoms. The second-order valence-corrected chi connectivity index (χ2v) is 6.81. The van der Waals surface area contributed by atoms with Gasteiger partial charge in [0.05, 0.1) is 10.9 Å². The molecule has 1 aliphatic heterocycles. The maximum Gasteiger partial charge on any atom is 0.243 e. The van der Waals surface area contributed by atoms with Gasteiger partial charge in [-0.2, -0.15) is 0 Å². The molecule has 1 saturated heterocycles. The van der Waals surface area contributed by atoms with Crippen LogP contribution in [0.2, 0.25) is 0 Å². The first-order valence-corrected chi connectivity index (χ1v) is 8.75. The molecule has 1 amide bonds. The first-order valence-electron chi connectivity index (χ1n) is 7.70. The van der Waals surface area contributed by atoms with Crippen LogP contribution in [-0.4, -0.2) is 33.0 Å². The first kappa shape index (κ1) is 15.2. The standard InChI is InChI=1S/C17H20N2O2S/c1-2-5-17-19(10-11-22-17)16(21)12-18-9-8-15(20)13-6-3-4-7-14(13)18/h3-4,6-9,17H,2,5,10-12H2,1H3/t17-/m0/s1. The highest BCUT2D eigenvalue weighted by Gasteiger charge is 2.28. The van der Waals surface area contributed by atoms with E-state index in [1.807, 2.05) is 45.5 Å². The summed E-state index contributed by atoms with van der Waals surface area (Å²) >= 11 is 1.87. The second kappa shape index (κ2) is 6.57. The number of benzene rings is 1. The molecule has 116 valence electrons. The topological polar surface area (TPSA) is 42.3 Å². The summed E-state index contributed by atoms with van der Waals surface area (Å²) in [6.07, 6.45) is 3.85. The third-order valence-corrected chi connectivity index (χ3v) is 5.33. The average Bonchev–Trinajstić information content (AvgIpc) is 2.99. The fraction of sp³-hybridized carbons (Fsp3) is 0.412. The number of aromatic nitrogens is 1. The van der Waals surface area contributed by atoms with Gasteiger partial charge in [-0.15, -0.1) is 11.8 Å². The zero-order chi connectivity index (χ0) is 15.5. The van der Waals surface area contributed by atoms with E-state index in [1.54, 1.807) is 6.20 Å². The fourth-order valence-electron chi connectivity index (χ4n) is 2.93. The number of pyridine rings is 1. The summed E-state index contributed by atoms with van der Waals surface area (Å²) in [6, 6.07) is 8.99. The number of carbonyl (C=O) groups excluding carboxylic acids is 1. The number of fused-ring (bicyclic) bond motifs is 1. The van der Waals surface area contributed by atoms with Crippen molar-refractivity contribution in [1.29, 1.82) is 0 Å². The van der Waals surface area contributed by atoms with E-state index in [-0.39, 0.29) is 11.3 Å². The number of amides is 1. The van der Waals surface area contributed by atoms with Gasteiger partial charge in [0.2, 0.25) is 5.91 Å². The number of para-hydroxylation sites is 1. The van der Waals surface area contributed by atoms with Crippen molar-refractivity contribution in [3.8, 4) is 0 Å². The summed E-state index contributed by atoms with van der Waals surface area (Å²) in [7, 11) is 0. The Hall–Kier alpha value is -1.75. The maximum absolute atomic E-state index is 12.6. The lowest BCUT2D eigenvalue weighted by Crippen LogP contribution is -2.37. The van der Waals surface area contributed by atoms with Crippen LogP contribution in [0.4, 0.5) is 0 Å². The maximum atomic E-state index is 12.6. The molecule has 1 aromatic heterocycles. The lowest BCUT2D eigenvalue weighted by atomic mass is 10.2. The van der Waals surface area contributed by atoms with E-state index in [0.29, 0.717) is 17.3 Å². The van der Waals surface area contributed by atoms with Gasteiger partial charge in [-0.1, -0.05) is 25.5 Å². The van der Waals surface area contributed by atoms with E-state index in [1.165, 1.54) is 6.07 Å². The number of carbonyl (C=O) groups is 1. The van der Waals surface area contributed by atoms with Crippen LogP contribution < -0.4 is 5.43 Å². The molecule has 3 rings (SSSR count). The van der Waals surface area contributed by atoms with Crippen LogP contribution in [0.25, 0.3) is 10.9 Å². The third kappa shape index (κ3) is 2.90. The Labute approximate surface area is 134 Å². The molecule has 0 unspecified atom stereocenters. The van der Waals surface area contributed by atoms with E-state index >= 15 is 0 Å². The molecule has 0 N–H and O–H groups in total. The van der Waals surface area contributed by atoms with Crippen LogP contribution in [0.3, 0.4) is 0 Å². The highest BCUT2D eigenvalue weighted by Crippen LogP contribution is 2.27. The zero-order valence-electron chi connectivity index (χ0n) is 12.7. The molecule has 1 aliphatic rings. The van der Waals surface area contributed by atoms with Crippen molar-refractivity contribution in [2.75, 3.05) is 12.3 Å². The first-order chi connectivity index (χ1) is 10.7. The van der Waals surface area contributed by atoms with Crippen molar-refractivity contribution in [3.63, 3.8) is 0 Å². The van der Waals surface area contributed by atoms with Crippen molar-refractivity contribution < 1.29 is 4.79 Å². The van der Waals surface area contributed by atoms with Gasteiger partial charge in [0.25, 0.3) is 0 Å². The van der Waals surface area contributed by atoms with E-state index in [2.05, 4.69) is 6.92 Å². The molecule has 0 spiro atoms. The van der Waals surface area contributed by atoms with Crippen molar-refractivity contribution in [3.05, 3.63) is 46.8 Å². The van der Waals surface area contributed by atoms with E-state index in [9.17, 15) is 9.59 Å². The Morgan fingerprint density at radius 3 is 2.95 bits per heavy atom. The fourth-order valence-corrected chi connectivity index (χ4v) is 4.31. The summed E-state index contributed by atoms with van der Waals surface area (Å²) in [5.74, 6) is 1.15. The monoisotopic (exact) mass is 316 g/mol. The Morgan fingerprint density at radius 2 is 2.14 bits per heavy atom. The lowest BCUT2D eigenvalue weighted by molar-refractivity contribution is -0.131. The minimum absolute atomic E-state index is 0.000105. The van der Waals surface area contributed by atoms with Crippen LogP contribution in [0.1, 0.15) is 19.8 Å². The SMILES string of the molecule is CCC[C@@H]1SCCN1C(=O)Cn1ccc(=O)c2ccccc21. The zero-order valence-corrected chi connectivity index (χ0v) is 13.5. The predicted molar refractivity (Wildman–Crippen MR) is 91.1 cm³/mol. The molecule has 2 aromatic rings. The summed E-state index contributed by atoms with van der Waals surface area (Å²) < 4.78 is 1.88. The summed E-state index contributed by atoms with van der Waals surface area (Å²) in [5, 5.41) is 0.974. The minimum atomic E-state index is -0.000105. The normalized spacial score (nSPS) is 18.0. The molecule has 5 heteroatoms. The number of thioether (sulfide) groups is 1. The van der Waals surface area contributed by atoms with Crippen molar-refractivity contribution in [1.82, 2.24) is 9.47 Å². The smallest absolute Gasteiger partial charge is 0.243 e. The number of hydrogen-bond acceptors (Lipinski definition) is 3. The van der Waals surface area contributed by atoms with Gasteiger partial charge in [-0.25, -0.2) is 0 Å². The van der Waals surface area contributed by atoms with Gasteiger partial charge in [0, 0.05) is 29.9 Å². The van der Waals surface area contributed by atoms with Crippen molar-refractivity contribution in [2.24, 2.45) is 0 Å². The van der Waals surface area contributed by atoms with Gasteiger partial charge in [-0.3, -0.25) is 9.59 Å². The highest BCUT2D eigenvalue weighted by molar-refractivity contribution is 8.00. The quantitative estimate of drug-likeness (QED) is 0.871. The molecule has 22 heavy (non-hydrogen) atoms. The average molecular weight is 316 g/mol. The molecule has 0 aliphatic carbocycles. The summed E-state index contributed by atoms with van der Waals surface area (Å²) in [5.41, 5.74) is 0.821. The van der Waals surface area contributed by atoms with Crippen LogP contribution >= 0.6 is 11.8 Å². The third-order valence-electron chi connectivity index (χ3n) is 4.04. The molecule has 1 aromatic carbocycles. The molecule has 1 fully saturated rings. The molecular formula is C17H20N2O2S. The Morgan fingerprint density at radius 1 is 1.32 bits per heavy atom. The summed E-state index contributed by atoms with van der Waals surface area (Å²) in [4.78, 5) is 26.5. The Balaban J connectivity index is 1.86. The van der Waals surface area contributed by atoms with Crippen molar-refractivity contribution >= 4 is 28.6 Å². The van der Waals surface area contributed by atoms with Crippen LogP contribution in [-0.2, 0) is 11.3 Å². The molecule has 0 saturated carbocycles. The van der Waals surface area contributed by atoms with Crippen LogP contribution in [0.15, 0.2) is 41.3 Å². The highest BCUT2D eigenvalue weighted by atomic mass is 32.2. The van der Waals surface area contributed by atoms with E-state index in [4.69, 9.17) is 0 Å². The predicted octanol–water partition coefficient (Wildman–Crippen LogP) is 2.70. The van der Waals surface area contributed by atoms with Gasteiger partial charge in [0.1, 0.15) is 6.54 Å². The van der Waals surface area contributed by atoms with Gasteiger partial charge in [0.15, 0.2) is 5.43 Å². The van der Waals surface area contributed by atoms with Gasteiger partial charge in [-0.05, 0) is 18.6 Å². The van der Waals surface area contributed by atoms with Gasteiger partial charge < -0.3 is 9.47 Å². The Kier molecular flexibility index (Phi) is 4.52. The Bertz CT molecular complexity index is 741. The summed E-state index contributed by atoms with van der Waals surface area (Å²) in [6.45, 7) is 3.27. The molecule has 2 heterocycles. The molecular weight excluding hydrogens is 296 g/mol. The largest absolute Gasteiger partial charge is 0.338 e.